The van der Waals surface area contributed by atoms with Gasteiger partial charge in [-0.25, -0.2) is 13.6 Å². The largest absolute Gasteiger partial charge is 0.442 e. The van der Waals surface area contributed by atoms with Crippen LogP contribution in [0.5, 0.6) is 0 Å². The lowest BCUT2D eigenvalue weighted by atomic mass is 10.2. The van der Waals surface area contributed by atoms with Crippen molar-refractivity contribution in [3.05, 3.63) is 88.6 Å². The molecular formula is C25H20F4N4O4. The number of nitrogens with zero attached hydrogens (tertiary/aromatic N) is 1. The van der Waals surface area contributed by atoms with Crippen LogP contribution in [0.4, 0.5) is 50.8 Å². The highest BCUT2D eigenvalue weighted by molar-refractivity contribution is 5.90. The lowest BCUT2D eigenvalue weighted by Crippen LogP contribution is -2.37. The second-order valence-corrected chi connectivity index (χ2v) is 7.96. The Labute approximate surface area is 207 Å². The summed E-state index contributed by atoms with van der Waals surface area (Å²) in [6.45, 7) is -0.601. The summed E-state index contributed by atoms with van der Waals surface area (Å²) in [7, 11) is 0. The Morgan fingerprint density at radius 3 is 2.27 bits per heavy atom. The summed E-state index contributed by atoms with van der Waals surface area (Å²) in [5, 5.41) is 7.49. The van der Waals surface area contributed by atoms with E-state index in [1.807, 2.05) is 11.4 Å². The minimum atomic E-state index is -3.23. The molecule has 1 heterocycles. The molecule has 1 atom stereocenters. The van der Waals surface area contributed by atoms with Gasteiger partial charge in [0.25, 0.3) is 5.91 Å². The van der Waals surface area contributed by atoms with E-state index in [1.165, 1.54) is 24.3 Å². The molecular weight excluding hydrogens is 496 g/mol. The van der Waals surface area contributed by atoms with Crippen LogP contribution in [0.25, 0.3) is 0 Å². The van der Waals surface area contributed by atoms with Gasteiger partial charge in [-0.3, -0.25) is 14.5 Å². The van der Waals surface area contributed by atoms with E-state index in [-0.39, 0.29) is 35.6 Å². The van der Waals surface area contributed by atoms with Crippen molar-refractivity contribution in [3.63, 3.8) is 0 Å². The highest BCUT2D eigenvalue weighted by Gasteiger charge is 2.34. The number of alkyl halides is 2. The number of rotatable bonds is 8. The smallest absolute Gasteiger partial charge is 0.414 e. The Morgan fingerprint density at radius 2 is 1.59 bits per heavy atom. The van der Waals surface area contributed by atoms with Crippen LogP contribution in [0.3, 0.4) is 0 Å². The molecule has 2 amide bonds. The number of hydrogen-bond acceptors (Lipinski definition) is 6. The van der Waals surface area contributed by atoms with E-state index in [9.17, 15) is 31.9 Å². The number of carbonyl (C=O) groups excluding carboxylic acids is 2. The standard InChI is InChI=1S/C25H20F4N4O4/c26-18-10-16(33-13-17(37-25(33)36)12-30-24(35)23(28)29)11-19(27)22(18)32-15-6-8-20(21(34)9-7-15)31-14-4-2-1-3-5-14/h1-11,17,23,32H,12-13H2,(H,30,35)(H,31,34). The first-order valence-electron chi connectivity index (χ1n) is 11.0. The number of halogens is 4. The maximum Gasteiger partial charge on any atom is 0.414 e. The Morgan fingerprint density at radius 1 is 0.946 bits per heavy atom. The van der Waals surface area contributed by atoms with Crippen LogP contribution in [0.1, 0.15) is 0 Å². The molecule has 4 rings (SSSR count). The minimum absolute atomic E-state index is 0.164. The predicted octanol–water partition coefficient (Wildman–Crippen LogP) is 4.52. The molecule has 12 heteroatoms. The van der Waals surface area contributed by atoms with E-state index in [2.05, 4.69) is 10.6 Å². The first-order valence-corrected chi connectivity index (χ1v) is 11.0. The number of ether oxygens (including phenoxy) is 1. The topological polar surface area (TPSA) is 99.8 Å². The highest BCUT2D eigenvalue weighted by atomic mass is 19.3. The van der Waals surface area contributed by atoms with Crippen molar-refractivity contribution in [2.45, 2.75) is 12.5 Å². The summed E-state index contributed by atoms with van der Waals surface area (Å²) in [6, 6.07) is 16.3. The van der Waals surface area contributed by atoms with Gasteiger partial charge < -0.3 is 20.7 Å². The SMILES string of the molecule is O=C(NCC1CN(c2cc(F)c(Nc3ccc(Nc4ccccc4)c(=O)cc3)c(F)c2)C(=O)O1)C(F)F. The summed E-state index contributed by atoms with van der Waals surface area (Å²) < 4.78 is 59.3. The number of amides is 2. The Kier molecular flexibility index (Phi) is 7.56. The van der Waals surface area contributed by atoms with Gasteiger partial charge in [0.15, 0.2) is 11.6 Å². The summed E-state index contributed by atoms with van der Waals surface area (Å²) in [6.07, 6.45) is -5.16. The molecule has 0 spiro atoms. The van der Waals surface area contributed by atoms with E-state index in [0.29, 0.717) is 5.69 Å². The Hall–Kier alpha value is -4.61. The number of benzene rings is 2. The van der Waals surface area contributed by atoms with E-state index in [1.54, 1.807) is 24.3 Å². The Balaban J connectivity index is 1.48. The first-order chi connectivity index (χ1) is 17.7. The molecule has 0 aromatic heterocycles. The summed E-state index contributed by atoms with van der Waals surface area (Å²) in [4.78, 5) is 36.4. The lowest BCUT2D eigenvalue weighted by molar-refractivity contribution is -0.132. The van der Waals surface area contributed by atoms with Gasteiger partial charge in [-0.15, -0.1) is 0 Å². The average molecular weight is 516 g/mol. The average Bonchev–Trinajstić information content (AvgIpc) is 3.16. The van der Waals surface area contributed by atoms with Gasteiger partial charge in [0.05, 0.1) is 24.5 Å². The number of para-hydroxylation sites is 1. The molecule has 1 fully saturated rings. The van der Waals surface area contributed by atoms with Gasteiger partial charge in [-0.1, -0.05) is 18.2 Å². The monoisotopic (exact) mass is 516 g/mol. The molecule has 1 unspecified atom stereocenters. The normalized spacial score (nSPS) is 14.9. The van der Waals surface area contributed by atoms with Gasteiger partial charge in [-0.2, -0.15) is 8.78 Å². The van der Waals surface area contributed by atoms with Crippen molar-refractivity contribution in [1.82, 2.24) is 5.32 Å². The Bertz CT molecular complexity index is 1350. The van der Waals surface area contributed by atoms with Crippen LogP contribution >= 0.6 is 0 Å². The molecule has 0 saturated carbocycles. The molecule has 1 aliphatic rings. The number of nitrogens with one attached hydrogen (secondary N) is 3. The quantitative estimate of drug-likeness (QED) is 0.381. The molecule has 1 saturated heterocycles. The molecule has 192 valence electrons. The molecule has 1 aliphatic heterocycles. The van der Waals surface area contributed by atoms with Gasteiger partial charge in [0.1, 0.15) is 11.8 Å². The fourth-order valence-electron chi connectivity index (χ4n) is 3.54. The van der Waals surface area contributed by atoms with E-state index >= 15 is 0 Å². The zero-order chi connectivity index (χ0) is 26.5. The van der Waals surface area contributed by atoms with Crippen molar-refractivity contribution < 1.29 is 31.9 Å². The van der Waals surface area contributed by atoms with Crippen molar-refractivity contribution in [3.8, 4) is 0 Å². The third-order valence-corrected chi connectivity index (χ3v) is 5.35. The highest BCUT2D eigenvalue weighted by Crippen LogP contribution is 2.30. The fourth-order valence-corrected chi connectivity index (χ4v) is 3.54. The van der Waals surface area contributed by atoms with Crippen molar-refractivity contribution in [1.29, 1.82) is 0 Å². The molecule has 8 nitrogen and oxygen atoms in total. The second-order valence-electron chi connectivity index (χ2n) is 7.96. The number of cyclic esters (lactones) is 1. The molecule has 37 heavy (non-hydrogen) atoms. The maximum absolute atomic E-state index is 14.9. The van der Waals surface area contributed by atoms with Gasteiger partial charge in [0, 0.05) is 23.5 Å². The fraction of sp³-hybridized carbons (Fsp3) is 0.160. The maximum atomic E-state index is 14.9. The van der Waals surface area contributed by atoms with Crippen LogP contribution in [0, 0.1) is 11.6 Å². The van der Waals surface area contributed by atoms with E-state index in [4.69, 9.17) is 4.74 Å². The van der Waals surface area contributed by atoms with E-state index in [0.717, 1.165) is 17.0 Å². The van der Waals surface area contributed by atoms with Crippen LogP contribution in [-0.4, -0.2) is 37.6 Å². The summed E-state index contributed by atoms with van der Waals surface area (Å²) in [5.74, 6) is -3.59. The minimum Gasteiger partial charge on any atom is -0.442 e. The molecule has 0 bridgehead atoms. The predicted molar refractivity (Wildman–Crippen MR) is 129 cm³/mol. The first kappa shape index (κ1) is 25.5. The molecule has 3 aromatic rings. The third kappa shape index (κ3) is 6.15. The number of carbonyl (C=O) groups is 2. The lowest BCUT2D eigenvalue weighted by Gasteiger charge is -2.16. The molecule has 3 N–H and O–H groups in total. The summed E-state index contributed by atoms with van der Waals surface area (Å²) in [5.41, 5.74) is 0.130. The van der Waals surface area contributed by atoms with Crippen LogP contribution in [0.15, 0.2) is 71.5 Å². The van der Waals surface area contributed by atoms with Gasteiger partial charge >= 0.3 is 12.5 Å². The van der Waals surface area contributed by atoms with Gasteiger partial charge in [0.2, 0.25) is 5.43 Å². The van der Waals surface area contributed by atoms with Gasteiger partial charge in [-0.05, 0) is 36.4 Å². The molecule has 0 aliphatic carbocycles. The number of anilines is 5. The molecule has 0 radical (unpaired) electrons. The van der Waals surface area contributed by atoms with E-state index < -0.39 is 41.9 Å². The van der Waals surface area contributed by atoms with Crippen LogP contribution in [0.2, 0.25) is 0 Å². The number of hydrogen-bond donors (Lipinski definition) is 3. The molecule has 3 aromatic carbocycles. The van der Waals surface area contributed by atoms with Crippen molar-refractivity contribution >= 4 is 40.4 Å². The van der Waals surface area contributed by atoms with Crippen molar-refractivity contribution in [2.24, 2.45) is 0 Å². The van der Waals surface area contributed by atoms with Crippen LogP contribution in [-0.2, 0) is 9.53 Å². The summed E-state index contributed by atoms with van der Waals surface area (Å²) >= 11 is 0. The zero-order valence-electron chi connectivity index (χ0n) is 19.0. The zero-order valence-corrected chi connectivity index (χ0v) is 19.0. The third-order valence-electron chi connectivity index (χ3n) is 5.35. The second kappa shape index (κ2) is 11.0. The van der Waals surface area contributed by atoms with Crippen molar-refractivity contribution in [2.75, 3.05) is 28.6 Å². The van der Waals surface area contributed by atoms with Crippen LogP contribution < -0.4 is 26.3 Å².